The minimum atomic E-state index is 1.09. The van der Waals surface area contributed by atoms with Crippen LogP contribution in [0.3, 0.4) is 0 Å². The van der Waals surface area contributed by atoms with Gasteiger partial charge in [-0.15, -0.1) is 0 Å². The third-order valence-electron chi connectivity index (χ3n) is 13.6. The highest BCUT2D eigenvalue weighted by Crippen LogP contribution is 2.46. The van der Waals surface area contributed by atoms with Gasteiger partial charge in [0.05, 0.1) is 5.69 Å². The van der Waals surface area contributed by atoms with Crippen molar-refractivity contribution in [2.24, 2.45) is 0 Å². The first-order valence-electron chi connectivity index (χ1n) is 22.5. The summed E-state index contributed by atoms with van der Waals surface area (Å²) < 4.78 is 0. The summed E-state index contributed by atoms with van der Waals surface area (Å²) >= 11 is 0. The van der Waals surface area contributed by atoms with E-state index >= 15 is 0 Å². The number of fused-ring (bicyclic) bond motifs is 10. The van der Waals surface area contributed by atoms with Gasteiger partial charge in [-0.05, 0) is 152 Å². The van der Waals surface area contributed by atoms with Gasteiger partial charge in [-0.2, -0.15) is 0 Å². The van der Waals surface area contributed by atoms with Crippen molar-refractivity contribution in [2.45, 2.75) is 0 Å². The van der Waals surface area contributed by atoms with Crippen LogP contribution in [0.4, 0.5) is 17.1 Å². The third-order valence-corrected chi connectivity index (χ3v) is 13.6. The van der Waals surface area contributed by atoms with Crippen LogP contribution < -0.4 is 4.90 Å². The molecular formula is C64H41N. The Hall–Kier alpha value is -8.52. The molecule has 0 N–H and O–H groups in total. The number of benzene rings is 13. The molecule has 0 heterocycles. The number of anilines is 3. The van der Waals surface area contributed by atoms with E-state index in [4.69, 9.17) is 0 Å². The Balaban J connectivity index is 0.997. The van der Waals surface area contributed by atoms with Crippen molar-refractivity contribution in [3.63, 3.8) is 0 Å². The smallest absolute Gasteiger partial charge is 0.0540 e. The van der Waals surface area contributed by atoms with Crippen LogP contribution in [-0.2, 0) is 0 Å². The first kappa shape index (κ1) is 37.1. The van der Waals surface area contributed by atoms with Crippen LogP contribution in [0.5, 0.6) is 0 Å². The van der Waals surface area contributed by atoms with E-state index in [1.54, 1.807) is 0 Å². The summed E-state index contributed by atoms with van der Waals surface area (Å²) in [7, 11) is 0. The maximum atomic E-state index is 2.44. The summed E-state index contributed by atoms with van der Waals surface area (Å²) in [5.41, 5.74) is 10.6. The molecule has 0 saturated carbocycles. The van der Waals surface area contributed by atoms with Crippen molar-refractivity contribution in [1.82, 2.24) is 0 Å². The molecule has 0 amide bonds. The quantitative estimate of drug-likeness (QED) is 0.151. The topological polar surface area (TPSA) is 3.24 Å². The highest BCUT2D eigenvalue weighted by atomic mass is 15.1. The van der Waals surface area contributed by atoms with Crippen LogP contribution in [-0.4, -0.2) is 0 Å². The molecule has 0 unspecified atom stereocenters. The lowest BCUT2D eigenvalue weighted by molar-refractivity contribution is 1.30. The van der Waals surface area contributed by atoms with Crippen LogP contribution in [0.1, 0.15) is 0 Å². The van der Waals surface area contributed by atoms with E-state index in [1.807, 2.05) is 0 Å². The van der Waals surface area contributed by atoms with Crippen molar-refractivity contribution in [3.8, 4) is 33.4 Å². The van der Waals surface area contributed by atoms with Gasteiger partial charge < -0.3 is 4.90 Å². The van der Waals surface area contributed by atoms with Gasteiger partial charge in [-0.25, -0.2) is 0 Å². The molecule has 13 aromatic rings. The van der Waals surface area contributed by atoms with Gasteiger partial charge >= 0.3 is 0 Å². The van der Waals surface area contributed by atoms with E-state index < -0.39 is 0 Å². The van der Waals surface area contributed by atoms with E-state index in [0.29, 0.717) is 0 Å². The molecule has 13 aromatic carbocycles. The molecule has 0 spiro atoms. The molecule has 0 aromatic heterocycles. The van der Waals surface area contributed by atoms with Gasteiger partial charge in [-0.1, -0.05) is 200 Å². The van der Waals surface area contributed by atoms with E-state index in [0.717, 1.165) is 17.1 Å². The van der Waals surface area contributed by atoms with Crippen LogP contribution in [0, 0.1) is 0 Å². The minimum absolute atomic E-state index is 1.09. The monoisotopic (exact) mass is 823 g/mol. The van der Waals surface area contributed by atoms with Gasteiger partial charge in [-0.3, -0.25) is 0 Å². The predicted molar refractivity (Wildman–Crippen MR) is 280 cm³/mol. The van der Waals surface area contributed by atoms with Crippen LogP contribution in [0.25, 0.3) is 109 Å². The number of nitrogens with zero attached hydrogens (tertiary/aromatic N) is 1. The van der Waals surface area contributed by atoms with Gasteiger partial charge in [0.25, 0.3) is 0 Å². The Labute approximate surface area is 377 Å². The average Bonchev–Trinajstić information content (AvgIpc) is 3.38. The zero-order valence-corrected chi connectivity index (χ0v) is 35.6. The minimum Gasteiger partial charge on any atom is -0.310 e. The normalized spacial score (nSPS) is 11.7. The molecule has 0 aliphatic rings. The second-order valence-electron chi connectivity index (χ2n) is 17.2. The van der Waals surface area contributed by atoms with E-state index in [1.165, 1.54) is 109 Å². The number of rotatable bonds is 6. The maximum absolute atomic E-state index is 2.44. The number of hydrogen-bond donors (Lipinski definition) is 0. The zero-order chi connectivity index (χ0) is 42.8. The second-order valence-corrected chi connectivity index (χ2v) is 17.2. The fourth-order valence-electron chi connectivity index (χ4n) is 10.6. The second kappa shape index (κ2) is 15.1. The molecule has 0 saturated heterocycles. The van der Waals surface area contributed by atoms with E-state index in [-0.39, 0.29) is 0 Å². The summed E-state index contributed by atoms with van der Waals surface area (Å²) in [5.74, 6) is 0. The third kappa shape index (κ3) is 6.09. The Morgan fingerprint density at radius 2 is 0.508 bits per heavy atom. The fourth-order valence-corrected chi connectivity index (χ4v) is 10.6. The maximum Gasteiger partial charge on any atom is 0.0540 e. The standard InChI is InChI=1S/C64H41N/c1-4-18-49-44(15-1)39-61(56-25-10-7-21-52(49)56)42-29-33-47(34-30-42)65(48-35-31-43(32-36-48)62-40-45-16-2-5-19-50(45)53-22-8-11-26-57(53)62)64-38-37-59(55-24-13-14-28-60(55)64)63-41-46-17-3-6-20-51(46)54-23-9-12-27-58(54)63/h1-41H. The van der Waals surface area contributed by atoms with Crippen LogP contribution in [0.15, 0.2) is 249 Å². The lowest BCUT2D eigenvalue weighted by Gasteiger charge is -2.28. The zero-order valence-electron chi connectivity index (χ0n) is 35.6. The first-order valence-corrected chi connectivity index (χ1v) is 22.5. The van der Waals surface area contributed by atoms with Crippen molar-refractivity contribution in [1.29, 1.82) is 0 Å². The molecule has 0 aliphatic carbocycles. The summed E-state index contributed by atoms with van der Waals surface area (Å²) in [6.45, 7) is 0. The molecule has 302 valence electrons. The number of hydrogen-bond acceptors (Lipinski definition) is 1. The lowest BCUT2D eigenvalue weighted by Crippen LogP contribution is -2.10. The van der Waals surface area contributed by atoms with Crippen molar-refractivity contribution in [3.05, 3.63) is 249 Å². The summed E-state index contributed by atoms with van der Waals surface area (Å²) in [4.78, 5) is 2.44. The average molecular weight is 824 g/mol. The van der Waals surface area contributed by atoms with Gasteiger partial charge in [0.1, 0.15) is 0 Å². The molecule has 13 rings (SSSR count). The molecule has 1 nitrogen and oxygen atoms in total. The molecule has 0 bridgehead atoms. The molecule has 1 heteroatoms. The van der Waals surface area contributed by atoms with E-state index in [9.17, 15) is 0 Å². The van der Waals surface area contributed by atoms with Crippen LogP contribution in [0.2, 0.25) is 0 Å². The Kier molecular flexibility index (Phi) is 8.60. The Bertz CT molecular complexity index is 3830. The molecule has 0 atom stereocenters. The molecule has 0 aliphatic heterocycles. The van der Waals surface area contributed by atoms with E-state index in [2.05, 4.69) is 254 Å². The highest BCUT2D eigenvalue weighted by molar-refractivity contribution is 6.18. The summed E-state index contributed by atoms with van der Waals surface area (Å²) in [6, 6.07) is 91.7. The predicted octanol–water partition coefficient (Wildman–Crippen LogP) is 18.2. The lowest BCUT2D eigenvalue weighted by atomic mass is 9.90. The van der Waals surface area contributed by atoms with Crippen LogP contribution >= 0.6 is 0 Å². The SMILES string of the molecule is c1ccc2c(c1)cc(-c1ccc(N(c3ccc(-c4cc5ccccc5c5ccccc45)cc3)c3ccc(-c4cc5ccccc5c5ccccc45)c4ccccc34)cc1)c1ccccc12. The Morgan fingerprint density at radius 1 is 0.200 bits per heavy atom. The largest absolute Gasteiger partial charge is 0.310 e. The first-order chi connectivity index (χ1) is 32.2. The molecule has 0 fully saturated rings. The van der Waals surface area contributed by atoms with Gasteiger partial charge in [0.15, 0.2) is 0 Å². The van der Waals surface area contributed by atoms with Crippen molar-refractivity contribution in [2.75, 3.05) is 4.90 Å². The van der Waals surface area contributed by atoms with Crippen molar-refractivity contribution < 1.29 is 0 Å². The highest BCUT2D eigenvalue weighted by Gasteiger charge is 2.20. The molecule has 65 heavy (non-hydrogen) atoms. The summed E-state index contributed by atoms with van der Waals surface area (Å²) in [6.07, 6.45) is 0. The summed E-state index contributed by atoms with van der Waals surface area (Å²) in [5, 5.41) is 17.6. The fraction of sp³-hybridized carbons (Fsp3) is 0. The van der Waals surface area contributed by atoms with Gasteiger partial charge in [0, 0.05) is 16.8 Å². The van der Waals surface area contributed by atoms with Crippen molar-refractivity contribution >= 4 is 92.5 Å². The Morgan fingerprint density at radius 3 is 0.923 bits per heavy atom. The molecule has 0 radical (unpaired) electrons. The van der Waals surface area contributed by atoms with Gasteiger partial charge in [0.2, 0.25) is 0 Å². The molecular weight excluding hydrogens is 783 g/mol.